The van der Waals surface area contributed by atoms with Gasteiger partial charge in [-0.2, -0.15) is 0 Å². The highest BCUT2D eigenvalue weighted by Gasteiger charge is 2.61. The number of rotatable bonds is 5. The Balaban J connectivity index is 2.14. The molecule has 0 radical (unpaired) electrons. The van der Waals surface area contributed by atoms with Crippen molar-refractivity contribution in [2.45, 2.75) is 19.1 Å². The van der Waals surface area contributed by atoms with Crippen LogP contribution in [0.3, 0.4) is 0 Å². The number of esters is 1. The van der Waals surface area contributed by atoms with Crippen LogP contribution in [-0.2, 0) is 31.2 Å². The molecule has 2 aromatic carbocycles. The Morgan fingerprint density at radius 2 is 1.75 bits per heavy atom. The Hall–Kier alpha value is -2.77. The number of amides is 2. The number of ether oxygens (including phenoxy) is 2. The Morgan fingerprint density at radius 1 is 1.11 bits per heavy atom. The highest BCUT2D eigenvalue weighted by atomic mass is 35.5. The summed E-state index contributed by atoms with van der Waals surface area (Å²) in [5, 5.41) is 0.795. The van der Waals surface area contributed by atoms with E-state index < -0.39 is 23.6 Å². The van der Waals surface area contributed by atoms with Gasteiger partial charge >= 0.3 is 17.7 Å². The zero-order valence-corrected chi connectivity index (χ0v) is 16.3. The van der Waals surface area contributed by atoms with Crippen LogP contribution in [0.15, 0.2) is 42.5 Å². The molecule has 1 aliphatic rings. The fourth-order valence-corrected chi connectivity index (χ4v) is 3.39. The molecular weight excluding hydrogens is 407 g/mol. The van der Waals surface area contributed by atoms with Gasteiger partial charge in [0.05, 0.1) is 18.8 Å². The Morgan fingerprint density at radius 3 is 2.36 bits per heavy atom. The lowest BCUT2D eigenvalue weighted by Crippen LogP contribution is -2.51. The molecule has 9 heteroatoms. The van der Waals surface area contributed by atoms with Crippen LogP contribution in [0.4, 0.5) is 10.5 Å². The van der Waals surface area contributed by atoms with E-state index in [-0.39, 0.29) is 23.7 Å². The van der Waals surface area contributed by atoms with Crippen LogP contribution in [0.1, 0.15) is 18.1 Å². The molecule has 1 aliphatic heterocycles. The van der Waals surface area contributed by atoms with Crippen molar-refractivity contribution in [3.63, 3.8) is 0 Å². The SMILES string of the molecule is CCOC(=O)C1(OC(N)=O)C(=O)N(Cc2ccc(Cl)cc2)c2ccc(Cl)cc21. The van der Waals surface area contributed by atoms with Crippen molar-refractivity contribution in [2.24, 2.45) is 5.73 Å². The van der Waals surface area contributed by atoms with Gasteiger partial charge in [-0.3, -0.25) is 4.79 Å². The molecule has 2 N–H and O–H groups in total. The number of hydrogen-bond acceptors (Lipinski definition) is 5. The summed E-state index contributed by atoms with van der Waals surface area (Å²) in [6.45, 7) is 1.65. The maximum atomic E-state index is 13.3. The molecule has 3 rings (SSSR count). The highest BCUT2D eigenvalue weighted by molar-refractivity contribution is 6.31. The fraction of sp³-hybridized carbons (Fsp3) is 0.211. The normalized spacial score (nSPS) is 18.0. The number of carbonyl (C=O) groups excluding carboxylic acids is 3. The largest absolute Gasteiger partial charge is 0.462 e. The first kappa shape index (κ1) is 20.0. The van der Waals surface area contributed by atoms with Crippen molar-refractivity contribution >= 4 is 46.9 Å². The van der Waals surface area contributed by atoms with Gasteiger partial charge in [0.25, 0.3) is 5.91 Å². The Kier molecular flexibility index (Phi) is 5.49. The molecule has 28 heavy (non-hydrogen) atoms. The van der Waals surface area contributed by atoms with Crippen LogP contribution in [0, 0.1) is 0 Å². The van der Waals surface area contributed by atoms with E-state index in [9.17, 15) is 14.4 Å². The maximum absolute atomic E-state index is 13.3. The molecule has 146 valence electrons. The van der Waals surface area contributed by atoms with Crippen molar-refractivity contribution in [1.82, 2.24) is 0 Å². The van der Waals surface area contributed by atoms with Crippen molar-refractivity contribution < 1.29 is 23.9 Å². The molecule has 0 aliphatic carbocycles. The highest BCUT2D eigenvalue weighted by Crippen LogP contribution is 2.45. The van der Waals surface area contributed by atoms with Crippen LogP contribution in [0.25, 0.3) is 0 Å². The number of hydrogen-bond donors (Lipinski definition) is 1. The quantitative estimate of drug-likeness (QED) is 0.587. The summed E-state index contributed by atoms with van der Waals surface area (Å²) in [5.41, 5.74) is 4.02. The van der Waals surface area contributed by atoms with E-state index in [1.165, 1.54) is 11.0 Å². The molecule has 0 saturated heterocycles. The lowest BCUT2D eigenvalue weighted by atomic mass is 9.95. The first-order valence-corrected chi connectivity index (χ1v) is 9.07. The summed E-state index contributed by atoms with van der Waals surface area (Å²) in [6, 6.07) is 11.4. The second-order valence-corrected chi connectivity index (χ2v) is 6.87. The first-order chi connectivity index (χ1) is 13.3. The number of nitrogens with zero attached hydrogens (tertiary/aromatic N) is 1. The minimum atomic E-state index is -2.35. The molecule has 0 aromatic heterocycles. The van der Waals surface area contributed by atoms with Crippen LogP contribution in [0.2, 0.25) is 10.0 Å². The molecule has 1 unspecified atom stereocenters. The smallest absolute Gasteiger partial charge is 0.406 e. The van der Waals surface area contributed by atoms with Crippen molar-refractivity contribution in [3.05, 3.63) is 63.6 Å². The molecule has 7 nitrogen and oxygen atoms in total. The Labute approximate surface area is 170 Å². The Bertz CT molecular complexity index is 948. The van der Waals surface area contributed by atoms with Gasteiger partial charge in [-0.15, -0.1) is 0 Å². The summed E-state index contributed by atoms with van der Waals surface area (Å²) in [5.74, 6) is -1.84. The second kappa shape index (κ2) is 7.69. The van der Waals surface area contributed by atoms with E-state index in [0.29, 0.717) is 10.7 Å². The summed E-state index contributed by atoms with van der Waals surface area (Å²) in [4.78, 5) is 39.0. The third kappa shape index (κ3) is 3.39. The minimum absolute atomic E-state index is 0.0247. The van der Waals surface area contributed by atoms with Crippen LogP contribution in [0.5, 0.6) is 0 Å². The van der Waals surface area contributed by atoms with Gasteiger partial charge in [0.2, 0.25) is 0 Å². The summed E-state index contributed by atoms with van der Waals surface area (Å²) in [6.07, 6.45) is -1.29. The minimum Gasteiger partial charge on any atom is -0.462 e. The average molecular weight is 423 g/mol. The molecule has 0 saturated carbocycles. The number of primary amides is 1. The van der Waals surface area contributed by atoms with E-state index in [1.807, 2.05) is 0 Å². The predicted octanol–water partition coefficient (Wildman–Crippen LogP) is 3.39. The maximum Gasteiger partial charge on any atom is 0.406 e. The van der Waals surface area contributed by atoms with Crippen LogP contribution >= 0.6 is 23.2 Å². The van der Waals surface area contributed by atoms with Gasteiger partial charge in [0, 0.05) is 15.6 Å². The number of anilines is 1. The van der Waals surface area contributed by atoms with E-state index in [1.54, 1.807) is 43.3 Å². The summed E-state index contributed by atoms with van der Waals surface area (Å²) >= 11 is 12.0. The third-order valence-corrected chi connectivity index (χ3v) is 4.73. The molecule has 1 atom stereocenters. The van der Waals surface area contributed by atoms with Gasteiger partial charge in [-0.1, -0.05) is 35.3 Å². The van der Waals surface area contributed by atoms with Gasteiger partial charge < -0.3 is 20.1 Å². The lowest BCUT2D eigenvalue weighted by molar-refractivity contribution is -0.170. The van der Waals surface area contributed by atoms with Crippen LogP contribution in [-0.4, -0.2) is 24.6 Å². The van der Waals surface area contributed by atoms with E-state index in [4.69, 9.17) is 38.4 Å². The molecule has 0 fully saturated rings. The number of halogens is 2. The molecule has 0 bridgehead atoms. The number of benzene rings is 2. The molecule has 2 aromatic rings. The van der Waals surface area contributed by atoms with Crippen molar-refractivity contribution in [1.29, 1.82) is 0 Å². The molecule has 1 heterocycles. The summed E-state index contributed by atoms with van der Waals surface area (Å²) in [7, 11) is 0. The molecule has 0 spiro atoms. The van der Waals surface area contributed by atoms with Gasteiger partial charge in [0.1, 0.15) is 0 Å². The third-order valence-electron chi connectivity index (χ3n) is 4.25. The first-order valence-electron chi connectivity index (χ1n) is 8.31. The number of nitrogens with two attached hydrogens (primary N) is 1. The predicted molar refractivity (Wildman–Crippen MR) is 103 cm³/mol. The van der Waals surface area contributed by atoms with Crippen LogP contribution < -0.4 is 10.6 Å². The summed E-state index contributed by atoms with van der Waals surface area (Å²) < 4.78 is 10.1. The van der Waals surface area contributed by atoms with E-state index in [0.717, 1.165) is 5.56 Å². The van der Waals surface area contributed by atoms with Gasteiger partial charge in [0.15, 0.2) is 0 Å². The van der Waals surface area contributed by atoms with E-state index in [2.05, 4.69) is 0 Å². The zero-order valence-electron chi connectivity index (χ0n) is 14.8. The van der Waals surface area contributed by atoms with Gasteiger partial charge in [-0.05, 0) is 42.8 Å². The van der Waals surface area contributed by atoms with Crippen molar-refractivity contribution in [2.75, 3.05) is 11.5 Å². The number of fused-ring (bicyclic) bond motifs is 1. The second-order valence-electron chi connectivity index (χ2n) is 6.00. The number of carbonyl (C=O) groups is 3. The fourth-order valence-electron chi connectivity index (χ4n) is 3.09. The van der Waals surface area contributed by atoms with E-state index >= 15 is 0 Å². The van der Waals surface area contributed by atoms with Gasteiger partial charge in [-0.25, -0.2) is 9.59 Å². The zero-order chi connectivity index (χ0) is 20.5. The molecule has 2 amide bonds. The molecular formula is C19H16Cl2N2O5. The average Bonchev–Trinajstić information content (AvgIpc) is 2.86. The van der Waals surface area contributed by atoms with Crippen molar-refractivity contribution in [3.8, 4) is 0 Å². The monoisotopic (exact) mass is 422 g/mol. The topological polar surface area (TPSA) is 98.9 Å². The standard InChI is InChI=1S/C19H16Cl2N2O5/c1-2-27-17(25)19(28-18(22)26)14-9-13(21)7-8-15(14)23(16(19)24)10-11-3-5-12(20)6-4-11/h3-9H,2,10H2,1H3,(H2,22,26). The lowest BCUT2D eigenvalue weighted by Gasteiger charge is -2.25.